The quantitative estimate of drug-likeness (QED) is 0.205. The summed E-state index contributed by atoms with van der Waals surface area (Å²) in [6, 6.07) is 3.57. The third kappa shape index (κ3) is 3.55. The number of oxime groups is 1. The number of carboxylic acid groups (broad SMARTS) is 1. The number of amides is 3. The van der Waals surface area contributed by atoms with Gasteiger partial charge in [-0.2, -0.15) is 0 Å². The van der Waals surface area contributed by atoms with Crippen molar-refractivity contribution in [3.63, 3.8) is 0 Å². The second-order valence-corrected chi connectivity index (χ2v) is 8.46. The molecule has 11 nitrogen and oxygen atoms in total. The second kappa shape index (κ2) is 8.45. The maximum absolute atomic E-state index is 13.0. The van der Waals surface area contributed by atoms with Crippen LogP contribution in [-0.4, -0.2) is 70.5 Å². The van der Waals surface area contributed by atoms with Crippen molar-refractivity contribution in [2.75, 3.05) is 14.2 Å². The van der Waals surface area contributed by atoms with Crippen molar-refractivity contribution in [1.29, 1.82) is 0 Å². The lowest BCUT2D eigenvalue weighted by atomic mass is 9.96. The maximum atomic E-state index is 13.0. The summed E-state index contributed by atoms with van der Waals surface area (Å²) >= 11 is 2.36. The van der Waals surface area contributed by atoms with E-state index >= 15 is 0 Å². The molecule has 0 aliphatic carbocycles. The average molecular weight is 454 g/mol. The van der Waals surface area contributed by atoms with Crippen molar-refractivity contribution in [3.05, 3.63) is 33.7 Å². The molecular weight excluding hydrogens is 436 g/mol. The zero-order valence-electron chi connectivity index (χ0n) is 15.9. The molecule has 1 aromatic rings. The molecule has 0 aromatic carbocycles. The van der Waals surface area contributed by atoms with Crippen LogP contribution in [-0.2, 0) is 35.2 Å². The van der Waals surface area contributed by atoms with Crippen LogP contribution in [0.2, 0.25) is 0 Å². The van der Waals surface area contributed by atoms with Gasteiger partial charge in [-0.05, 0) is 11.4 Å². The molecule has 0 spiro atoms. The topological polar surface area (TPSA) is 161 Å². The molecule has 1 aromatic heterocycles. The standard InChI is InChI=1S/C17H18N4O7S2/c1-27-17(20-10(22)6-8-4-3-5-29-8)15(26)21-12(14(24)25)11(13(18)23)9(7-19-28-2)30-16(17)21/h3-5,7,9,16H,6H2,1-2H3,(H2,18,23)(H,20,22)(H,24,25)/t9?,16-,17-/m0/s1. The Morgan fingerprint density at radius 3 is 2.70 bits per heavy atom. The van der Waals surface area contributed by atoms with Gasteiger partial charge in [0.1, 0.15) is 18.2 Å². The molecule has 3 heterocycles. The van der Waals surface area contributed by atoms with Crippen LogP contribution in [0.5, 0.6) is 0 Å². The van der Waals surface area contributed by atoms with Crippen molar-refractivity contribution in [2.24, 2.45) is 10.9 Å². The number of carbonyl (C=O) groups is 4. The summed E-state index contributed by atoms with van der Waals surface area (Å²) in [5.41, 5.74) is 2.68. The highest BCUT2D eigenvalue weighted by Gasteiger charge is 2.68. The number of fused-ring (bicyclic) bond motifs is 1. The van der Waals surface area contributed by atoms with Crippen LogP contribution in [0.3, 0.4) is 0 Å². The molecule has 0 bridgehead atoms. The Labute approximate surface area is 178 Å². The molecule has 2 aliphatic rings. The number of nitrogens with zero attached hydrogens (tertiary/aromatic N) is 2. The number of ether oxygens (including phenoxy) is 1. The van der Waals surface area contributed by atoms with Crippen molar-refractivity contribution >= 4 is 53.0 Å². The number of thiophene rings is 1. The lowest BCUT2D eigenvalue weighted by Gasteiger charge is -2.56. The van der Waals surface area contributed by atoms with Crippen LogP contribution in [0, 0.1) is 0 Å². The van der Waals surface area contributed by atoms with Gasteiger partial charge in [-0.25, -0.2) is 4.79 Å². The van der Waals surface area contributed by atoms with Crippen molar-refractivity contribution in [2.45, 2.75) is 22.8 Å². The third-order valence-electron chi connectivity index (χ3n) is 4.51. The van der Waals surface area contributed by atoms with E-state index in [-0.39, 0.29) is 12.0 Å². The fourth-order valence-electron chi connectivity index (χ4n) is 3.23. The first-order valence-electron chi connectivity index (χ1n) is 8.48. The highest BCUT2D eigenvalue weighted by molar-refractivity contribution is 8.01. The SMILES string of the molecule is CON=CC1S[C@@H]2N(C(=O)[C@]2(NC(=O)Cc2cccs2)OC)C(C(=O)O)=C1C(N)=O. The van der Waals surface area contributed by atoms with Gasteiger partial charge >= 0.3 is 5.97 Å². The minimum absolute atomic E-state index is 0.0240. The maximum Gasteiger partial charge on any atom is 0.353 e. The number of rotatable bonds is 8. The molecule has 160 valence electrons. The van der Waals surface area contributed by atoms with Crippen LogP contribution >= 0.6 is 23.1 Å². The van der Waals surface area contributed by atoms with Crippen molar-refractivity contribution in [3.8, 4) is 0 Å². The predicted octanol–water partition coefficient (Wildman–Crippen LogP) is -0.511. The number of nitrogens with two attached hydrogens (primary N) is 1. The molecule has 1 saturated heterocycles. The molecule has 0 radical (unpaired) electrons. The minimum atomic E-state index is -1.80. The monoisotopic (exact) mass is 454 g/mol. The van der Waals surface area contributed by atoms with Gasteiger partial charge in [0.25, 0.3) is 11.6 Å². The van der Waals surface area contributed by atoms with E-state index in [2.05, 4.69) is 15.3 Å². The summed E-state index contributed by atoms with van der Waals surface area (Å²) in [4.78, 5) is 55.6. The highest BCUT2D eigenvalue weighted by atomic mass is 32.2. The smallest absolute Gasteiger partial charge is 0.353 e. The van der Waals surface area contributed by atoms with Crippen molar-refractivity contribution in [1.82, 2.24) is 10.2 Å². The molecule has 30 heavy (non-hydrogen) atoms. The number of primary amides is 1. The van der Waals surface area contributed by atoms with Crippen molar-refractivity contribution < 1.29 is 33.9 Å². The van der Waals surface area contributed by atoms with E-state index in [0.29, 0.717) is 0 Å². The number of aliphatic carboxylic acids is 1. The highest BCUT2D eigenvalue weighted by Crippen LogP contribution is 2.49. The van der Waals surface area contributed by atoms with E-state index in [1.54, 1.807) is 12.1 Å². The van der Waals surface area contributed by atoms with Gasteiger partial charge in [0.05, 0.1) is 23.5 Å². The van der Waals surface area contributed by atoms with Gasteiger partial charge in [0.15, 0.2) is 0 Å². The molecule has 3 rings (SSSR count). The first-order chi connectivity index (χ1) is 14.3. The van der Waals surface area contributed by atoms with E-state index in [4.69, 9.17) is 10.5 Å². The molecule has 3 atom stereocenters. The number of thioether (sulfide) groups is 1. The Hall–Kier alpha value is -2.90. The van der Waals surface area contributed by atoms with Crippen LogP contribution in [0.15, 0.2) is 33.9 Å². The number of carboxylic acids is 1. The Balaban J connectivity index is 1.97. The molecule has 4 N–H and O–H groups in total. The summed E-state index contributed by atoms with van der Waals surface area (Å²) in [5.74, 6) is -3.83. The molecule has 13 heteroatoms. The lowest BCUT2D eigenvalue weighted by Crippen LogP contribution is -2.81. The summed E-state index contributed by atoms with van der Waals surface area (Å²) in [6.07, 6.45) is 1.22. The summed E-state index contributed by atoms with van der Waals surface area (Å²) in [5, 5.41) is 15.7. The van der Waals surface area contributed by atoms with Crippen LogP contribution < -0.4 is 11.1 Å². The van der Waals surface area contributed by atoms with E-state index in [9.17, 15) is 24.3 Å². The molecular formula is C17H18N4O7S2. The van der Waals surface area contributed by atoms with E-state index in [1.165, 1.54) is 31.8 Å². The number of β-lactam (4-membered cyclic amide) rings is 1. The number of hydrogen-bond acceptors (Lipinski definition) is 9. The van der Waals surface area contributed by atoms with Gasteiger partial charge in [-0.15, -0.1) is 23.1 Å². The second-order valence-electron chi connectivity index (χ2n) is 6.20. The molecule has 1 unspecified atom stereocenters. The molecule has 1 fully saturated rings. The molecule has 0 saturated carbocycles. The number of nitrogens with one attached hydrogen (secondary N) is 1. The van der Waals surface area contributed by atoms with Gasteiger partial charge in [-0.3, -0.25) is 19.3 Å². The third-order valence-corrected chi connectivity index (χ3v) is 6.83. The van der Waals surface area contributed by atoms with Gasteiger partial charge in [0.2, 0.25) is 11.8 Å². The van der Waals surface area contributed by atoms with Crippen LogP contribution in [0.4, 0.5) is 0 Å². The predicted molar refractivity (Wildman–Crippen MR) is 107 cm³/mol. The summed E-state index contributed by atoms with van der Waals surface area (Å²) < 4.78 is 5.37. The normalized spacial score (nSPS) is 25.7. The Morgan fingerprint density at radius 1 is 1.43 bits per heavy atom. The number of carbonyl (C=O) groups excluding carboxylic acids is 3. The minimum Gasteiger partial charge on any atom is -0.477 e. The zero-order chi connectivity index (χ0) is 22.1. The number of methoxy groups -OCH3 is 1. The van der Waals surface area contributed by atoms with Gasteiger partial charge in [-0.1, -0.05) is 11.2 Å². The average Bonchev–Trinajstić information content (AvgIpc) is 3.21. The molecule has 2 aliphatic heterocycles. The first kappa shape index (κ1) is 21.8. The Morgan fingerprint density at radius 2 is 2.17 bits per heavy atom. The fourth-order valence-corrected chi connectivity index (χ4v) is 5.47. The zero-order valence-corrected chi connectivity index (χ0v) is 17.5. The molecule has 3 amide bonds. The van der Waals surface area contributed by atoms with Crippen LogP contribution in [0.1, 0.15) is 4.88 Å². The largest absolute Gasteiger partial charge is 0.477 e. The van der Waals surface area contributed by atoms with Crippen LogP contribution in [0.25, 0.3) is 0 Å². The summed E-state index contributed by atoms with van der Waals surface area (Å²) in [6.45, 7) is 0. The lowest BCUT2D eigenvalue weighted by molar-refractivity contribution is -0.192. The van der Waals surface area contributed by atoms with E-state index in [1.807, 2.05) is 5.38 Å². The number of hydrogen-bond donors (Lipinski definition) is 3. The Bertz CT molecular complexity index is 946. The fraction of sp³-hybridized carbons (Fsp3) is 0.353. The Kier molecular flexibility index (Phi) is 6.14. The van der Waals surface area contributed by atoms with E-state index in [0.717, 1.165) is 21.5 Å². The van der Waals surface area contributed by atoms with Gasteiger partial charge in [0, 0.05) is 12.0 Å². The summed E-state index contributed by atoms with van der Waals surface area (Å²) in [7, 11) is 2.51. The first-order valence-corrected chi connectivity index (χ1v) is 10.3. The van der Waals surface area contributed by atoms with E-state index < -0.39 is 45.7 Å². The van der Waals surface area contributed by atoms with Gasteiger partial charge < -0.3 is 25.7 Å².